The van der Waals surface area contributed by atoms with Gasteiger partial charge in [-0.15, -0.1) is 0 Å². The van der Waals surface area contributed by atoms with Crippen molar-refractivity contribution < 1.29 is 14.1 Å². The van der Waals surface area contributed by atoms with E-state index in [1.165, 1.54) is 30.5 Å². The number of hydrogen-bond acceptors (Lipinski definition) is 4. The number of aryl methyl sites for hydroxylation is 1. The zero-order valence-electron chi connectivity index (χ0n) is 10.2. The van der Waals surface area contributed by atoms with Crippen molar-refractivity contribution in [3.05, 3.63) is 57.9 Å². The van der Waals surface area contributed by atoms with E-state index in [4.69, 9.17) is 4.74 Å². The van der Waals surface area contributed by atoms with Crippen LogP contribution in [0.3, 0.4) is 0 Å². The minimum absolute atomic E-state index is 0.00996. The van der Waals surface area contributed by atoms with Gasteiger partial charge in [-0.25, -0.2) is 4.39 Å². The van der Waals surface area contributed by atoms with Gasteiger partial charge in [0.1, 0.15) is 18.2 Å². The second-order valence-electron chi connectivity index (χ2n) is 3.93. The van der Waals surface area contributed by atoms with Crippen LogP contribution in [0.4, 0.5) is 10.1 Å². The van der Waals surface area contributed by atoms with Crippen LogP contribution >= 0.6 is 0 Å². The molecule has 2 rings (SSSR count). The quantitative estimate of drug-likeness (QED) is 0.624. The molecule has 6 heteroatoms. The number of nitrogens with zero attached hydrogens (tertiary/aromatic N) is 2. The molecule has 1 aromatic carbocycles. The maximum absolute atomic E-state index is 12.3. The zero-order valence-corrected chi connectivity index (χ0v) is 10.2. The van der Waals surface area contributed by atoms with E-state index in [0.29, 0.717) is 22.8 Å². The summed E-state index contributed by atoms with van der Waals surface area (Å²) in [5.41, 5.74) is 0.979. The van der Waals surface area contributed by atoms with Crippen molar-refractivity contribution in [1.82, 2.24) is 4.98 Å². The van der Waals surface area contributed by atoms with E-state index in [9.17, 15) is 14.5 Å². The third kappa shape index (κ3) is 3.04. The van der Waals surface area contributed by atoms with Crippen LogP contribution in [-0.2, 0) is 6.67 Å². The molecule has 0 aliphatic heterocycles. The van der Waals surface area contributed by atoms with Gasteiger partial charge in [0.15, 0.2) is 0 Å². The zero-order chi connectivity index (χ0) is 13.8. The molecule has 2 aromatic rings. The van der Waals surface area contributed by atoms with E-state index in [1.807, 2.05) is 0 Å². The third-order valence-electron chi connectivity index (χ3n) is 2.53. The summed E-state index contributed by atoms with van der Waals surface area (Å²) in [6.45, 7) is 1.09. The normalized spacial score (nSPS) is 10.2. The second kappa shape index (κ2) is 5.43. The van der Waals surface area contributed by atoms with Crippen molar-refractivity contribution >= 4 is 5.69 Å². The van der Waals surface area contributed by atoms with Crippen LogP contribution in [-0.4, -0.2) is 9.91 Å². The summed E-state index contributed by atoms with van der Waals surface area (Å²) in [5.74, 6) is 0.953. The van der Waals surface area contributed by atoms with Gasteiger partial charge in [-0.05, 0) is 30.7 Å². The number of aromatic nitrogens is 1. The minimum Gasteiger partial charge on any atom is -0.455 e. The van der Waals surface area contributed by atoms with Crippen LogP contribution in [0.2, 0.25) is 0 Å². The van der Waals surface area contributed by atoms with Crippen molar-refractivity contribution in [3.8, 4) is 11.5 Å². The molecule has 0 unspecified atom stereocenters. The van der Waals surface area contributed by atoms with E-state index >= 15 is 0 Å². The lowest BCUT2D eigenvalue weighted by Crippen LogP contribution is -1.93. The number of ether oxygens (including phenoxy) is 1. The molecule has 0 aliphatic carbocycles. The number of pyridine rings is 1. The molecule has 0 radical (unpaired) electrons. The van der Waals surface area contributed by atoms with Crippen molar-refractivity contribution in [3.63, 3.8) is 0 Å². The lowest BCUT2D eigenvalue weighted by molar-refractivity contribution is -0.384. The van der Waals surface area contributed by atoms with Gasteiger partial charge in [0, 0.05) is 12.1 Å². The molecular formula is C13H11FN2O3. The summed E-state index contributed by atoms with van der Waals surface area (Å²) < 4.78 is 17.8. The van der Waals surface area contributed by atoms with Gasteiger partial charge in [-0.2, -0.15) is 0 Å². The molecule has 0 bridgehead atoms. The van der Waals surface area contributed by atoms with Gasteiger partial charge in [-0.1, -0.05) is 0 Å². The van der Waals surface area contributed by atoms with E-state index in [2.05, 4.69) is 4.98 Å². The van der Waals surface area contributed by atoms with Gasteiger partial charge in [0.2, 0.25) is 0 Å². The Morgan fingerprint density at radius 1 is 1.37 bits per heavy atom. The van der Waals surface area contributed by atoms with E-state index in [-0.39, 0.29) is 5.69 Å². The Morgan fingerprint density at radius 2 is 2.16 bits per heavy atom. The van der Waals surface area contributed by atoms with Crippen molar-refractivity contribution in [2.45, 2.75) is 13.6 Å². The Labute approximate surface area is 108 Å². The van der Waals surface area contributed by atoms with Gasteiger partial charge in [0.25, 0.3) is 5.69 Å². The molecule has 0 saturated carbocycles. The Balaban J connectivity index is 2.20. The van der Waals surface area contributed by atoms with Crippen LogP contribution < -0.4 is 4.74 Å². The SMILES string of the molecule is Cc1cc([N+](=O)[O-])ccc1Oc1ccc(CF)nc1. The molecular weight excluding hydrogens is 251 g/mol. The number of alkyl halides is 1. The lowest BCUT2D eigenvalue weighted by atomic mass is 10.2. The molecule has 5 nitrogen and oxygen atoms in total. The Hall–Kier alpha value is -2.50. The maximum atomic E-state index is 12.3. The molecule has 0 atom stereocenters. The number of benzene rings is 1. The topological polar surface area (TPSA) is 65.3 Å². The van der Waals surface area contributed by atoms with Crippen LogP contribution in [0.25, 0.3) is 0 Å². The Morgan fingerprint density at radius 3 is 2.68 bits per heavy atom. The molecule has 0 amide bonds. The van der Waals surface area contributed by atoms with Crippen LogP contribution in [0.5, 0.6) is 11.5 Å². The molecule has 0 N–H and O–H groups in total. The fourth-order valence-corrected chi connectivity index (χ4v) is 1.54. The lowest BCUT2D eigenvalue weighted by Gasteiger charge is -2.08. The van der Waals surface area contributed by atoms with Gasteiger partial charge >= 0.3 is 0 Å². The number of nitro benzene ring substituents is 1. The highest BCUT2D eigenvalue weighted by Crippen LogP contribution is 2.27. The number of nitro groups is 1. The highest BCUT2D eigenvalue weighted by molar-refractivity contribution is 5.44. The predicted molar refractivity (Wildman–Crippen MR) is 67.0 cm³/mol. The summed E-state index contributed by atoms with van der Waals surface area (Å²) in [6, 6.07) is 7.44. The summed E-state index contributed by atoms with van der Waals surface area (Å²) in [5, 5.41) is 10.6. The first-order valence-corrected chi connectivity index (χ1v) is 5.54. The van der Waals surface area contributed by atoms with Gasteiger partial charge in [-0.3, -0.25) is 15.1 Å². The van der Waals surface area contributed by atoms with Crippen LogP contribution in [0.1, 0.15) is 11.3 Å². The van der Waals surface area contributed by atoms with Crippen LogP contribution in [0.15, 0.2) is 36.5 Å². The average Bonchev–Trinajstić information content (AvgIpc) is 2.41. The molecule has 1 heterocycles. The minimum atomic E-state index is -0.628. The maximum Gasteiger partial charge on any atom is 0.269 e. The second-order valence-corrected chi connectivity index (χ2v) is 3.93. The first kappa shape index (κ1) is 12.9. The average molecular weight is 262 g/mol. The third-order valence-corrected chi connectivity index (χ3v) is 2.53. The Bertz CT molecular complexity index is 599. The number of halogens is 1. The van der Waals surface area contributed by atoms with E-state index in [1.54, 1.807) is 13.0 Å². The number of non-ortho nitro benzene ring substituents is 1. The number of hydrogen-bond donors (Lipinski definition) is 0. The summed E-state index contributed by atoms with van der Waals surface area (Å²) in [6.07, 6.45) is 1.41. The smallest absolute Gasteiger partial charge is 0.269 e. The van der Waals surface area contributed by atoms with Crippen LogP contribution in [0, 0.1) is 17.0 Å². The molecule has 0 fully saturated rings. The number of rotatable bonds is 4. The highest BCUT2D eigenvalue weighted by atomic mass is 19.1. The van der Waals surface area contributed by atoms with Crippen molar-refractivity contribution in [1.29, 1.82) is 0 Å². The fourth-order valence-electron chi connectivity index (χ4n) is 1.54. The molecule has 19 heavy (non-hydrogen) atoms. The molecule has 1 aromatic heterocycles. The van der Waals surface area contributed by atoms with Gasteiger partial charge in [0.05, 0.1) is 16.8 Å². The van der Waals surface area contributed by atoms with Crippen molar-refractivity contribution in [2.75, 3.05) is 0 Å². The first-order chi connectivity index (χ1) is 9.10. The summed E-state index contributed by atoms with van der Waals surface area (Å²) in [4.78, 5) is 14.0. The highest BCUT2D eigenvalue weighted by Gasteiger charge is 2.09. The summed E-state index contributed by atoms with van der Waals surface area (Å²) in [7, 11) is 0. The standard InChI is InChI=1S/C13H11FN2O3/c1-9-6-11(16(17)18)3-5-13(9)19-12-4-2-10(7-14)15-8-12/h2-6,8H,7H2,1H3. The molecule has 98 valence electrons. The molecule has 0 spiro atoms. The summed E-state index contributed by atoms with van der Waals surface area (Å²) >= 11 is 0. The fraction of sp³-hybridized carbons (Fsp3) is 0.154. The molecule has 0 saturated heterocycles. The van der Waals surface area contributed by atoms with E-state index in [0.717, 1.165) is 0 Å². The Kier molecular flexibility index (Phi) is 3.70. The first-order valence-electron chi connectivity index (χ1n) is 5.54. The molecule has 0 aliphatic rings. The monoisotopic (exact) mass is 262 g/mol. The van der Waals surface area contributed by atoms with Crippen molar-refractivity contribution in [2.24, 2.45) is 0 Å². The van der Waals surface area contributed by atoms with E-state index < -0.39 is 11.6 Å². The predicted octanol–water partition coefficient (Wildman–Crippen LogP) is 3.56. The van der Waals surface area contributed by atoms with Gasteiger partial charge < -0.3 is 4.74 Å². The largest absolute Gasteiger partial charge is 0.455 e.